The highest BCUT2D eigenvalue weighted by molar-refractivity contribution is 5.54. The van der Waals surface area contributed by atoms with Gasteiger partial charge in [-0.15, -0.1) is 0 Å². The molecule has 0 aliphatic carbocycles. The highest BCUT2D eigenvalue weighted by Gasteiger charge is 2.20. The van der Waals surface area contributed by atoms with Gasteiger partial charge in [-0.3, -0.25) is 0 Å². The second-order valence-corrected chi connectivity index (χ2v) is 5.36. The molecule has 0 radical (unpaired) electrons. The second kappa shape index (κ2) is 5.61. The molecule has 2 atom stereocenters. The average molecular weight is 248 g/mol. The van der Waals surface area contributed by atoms with Crippen molar-refractivity contribution in [3.63, 3.8) is 0 Å². The van der Waals surface area contributed by atoms with E-state index in [0.717, 1.165) is 36.8 Å². The van der Waals surface area contributed by atoms with Gasteiger partial charge >= 0.3 is 0 Å². The van der Waals surface area contributed by atoms with E-state index in [4.69, 9.17) is 0 Å². The minimum atomic E-state index is 0.196. The van der Waals surface area contributed by atoms with E-state index in [1.165, 1.54) is 6.42 Å². The predicted molar refractivity (Wildman–Crippen MR) is 76.2 cm³/mol. The molecule has 0 saturated carbocycles. The molecule has 3 nitrogen and oxygen atoms in total. The molecule has 1 aromatic rings. The zero-order chi connectivity index (χ0) is 13.1. The Labute approximate surface area is 110 Å². The summed E-state index contributed by atoms with van der Waals surface area (Å²) in [5.74, 6) is 1.16. The Kier molecular flexibility index (Phi) is 4.12. The van der Waals surface area contributed by atoms with Gasteiger partial charge in [0.2, 0.25) is 0 Å². The van der Waals surface area contributed by atoms with Crippen molar-refractivity contribution >= 4 is 5.69 Å². The number of phenols is 1. The van der Waals surface area contributed by atoms with Crippen LogP contribution in [0.1, 0.15) is 38.8 Å². The number of hydrogen-bond donors (Lipinski definition) is 2. The number of nitrogens with zero attached hydrogens (tertiary/aromatic N) is 1. The normalized spacial score (nSPS) is 21.3. The molecule has 1 heterocycles. The maximum atomic E-state index is 10.1. The van der Waals surface area contributed by atoms with Crippen LogP contribution in [-0.2, 0) is 0 Å². The summed E-state index contributed by atoms with van der Waals surface area (Å²) in [4.78, 5) is 2.35. The zero-order valence-corrected chi connectivity index (χ0v) is 11.6. The van der Waals surface area contributed by atoms with E-state index in [9.17, 15) is 5.11 Å². The molecule has 2 rings (SSSR count). The van der Waals surface area contributed by atoms with E-state index < -0.39 is 0 Å². The number of aromatic hydroxyl groups is 1. The topological polar surface area (TPSA) is 35.5 Å². The van der Waals surface area contributed by atoms with E-state index in [0.29, 0.717) is 5.75 Å². The molecule has 2 N–H and O–H groups in total. The van der Waals surface area contributed by atoms with E-state index in [1.54, 1.807) is 0 Å². The van der Waals surface area contributed by atoms with Crippen LogP contribution in [0, 0.1) is 5.92 Å². The lowest BCUT2D eigenvalue weighted by Gasteiger charge is -2.21. The molecule has 1 saturated heterocycles. The fourth-order valence-electron chi connectivity index (χ4n) is 2.68. The third-order valence-corrected chi connectivity index (χ3v) is 3.78. The molecule has 1 aromatic carbocycles. The van der Waals surface area contributed by atoms with Crippen LogP contribution >= 0.6 is 0 Å². The zero-order valence-electron chi connectivity index (χ0n) is 11.6. The molecule has 2 unspecified atom stereocenters. The molecule has 0 spiro atoms. The lowest BCUT2D eigenvalue weighted by molar-refractivity contribution is 0.454. The number of nitrogens with one attached hydrogen (secondary N) is 1. The molecular formula is C15H24N2O. The van der Waals surface area contributed by atoms with Crippen LogP contribution < -0.4 is 10.2 Å². The third kappa shape index (κ3) is 2.78. The van der Waals surface area contributed by atoms with Gasteiger partial charge in [-0.05, 0) is 31.9 Å². The standard InChI is InChI=1S/C15H24N2O/c1-4-16-12(3)14-6-5-13(9-15(14)18)17-8-7-11(2)10-17/h5-6,9,11-12,16,18H,4,7-8,10H2,1-3H3. The van der Waals surface area contributed by atoms with E-state index in [1.807, 2.05) is 12.1 Å². The SMILES string of the molecule is CCNC(C)c1ccc(N2CCC(C)C2)cc1O. The lowest BCUT2D eigenvalue weighted by Crippen LogP contribution is -2.20. The summed E-state index contributed by atoms with van der Waals surface area (Å²) in [6, 6.07) is 6.27. The molecule has 0 amide bonds. The number of anilines is 1. The van der Waals surface area contributed by atoms with Crippen molar-refractivity contribution in [2.45, 2.75) is 33.2 Å². The first-order valence-corrected chi connectivity index (χ1v) is 6.93. The van der Waals surface area contributed by atoms with Gasteiger partial charge in [-0.1, -0.05) is 19.9 Å². The minimum Gasteiger partial charge on any atom is -0.508 e. The van der Waals surface area contributed by atoms with Gasteiger partial charge in [-0.25, -0.2) is 0 Å². The van der Waals surface area contributed by atoms with Crippen LogP contribution in [0.15, 0.2) is 18.2 Å². The number of hydrogen-bond acceptors (Lipinski definition) is 3. The van der Waals surface area contributed by atoms with Gasteiger partial charge in [-0.2, -0.15) is 0 Å². The van der Waals surface area contributed by atoms with Crippen LogP contribution in [0.25, 0.3) is 0 Å². The van der Waals surface area contributed by atoms with Crippen molar-refractivity contribution in [3.8, 4) is 5.75 Å². The quantitative estimate of drug-likeness (QED) is 0.860. The van der Waals surface area contributed by atoms with Crippen LogP contribution in [0.2, 0.25) is 0 Å². The molecule has 1 aliphatic heterocycles. The fourth-order valence-corrected chi connectivity index (χ4v) is 2.68. The van der Waals surface area contributed by atoms with Crippen molar-refractivity contribution < 1.29 is 5.11 Å². The molecule has 0 bridgehead atoms. The summed E-state index contributed by atoms with van der Waals surface area (Å²) >= 11 is 0. The second-order valence-electron chi connectivity index (χ2n) is 5.36. The molecule has 1 fully saturated rings. The van der Waals surface area contributed by atoms with Gasteiger partial charge < -0.3 is 15.3 Å². The van der Waals surface area contributed by atoms with E-state index in [2.05, 4.69) is 37.1 Å². The van der Waals surface area contributed by atoms with Crippen LogP contribution in [0.3, 0.4) is 0 Å². The van der Waals surface area contributed by atoms with Gasteiger partial charge in [0.15, 0.2) is 0 Å². The molecule has 18 heavy (non-hydrogen) atoms. The first kappa shape index (κ1) is 13.2. The Morgan fingerprint density at radius 2 is 2.28 bits per heavy atom. The number of phenolic OH excluding ortho intramolecular Hbond substituents is 1. The van der Waals surface area contributed by atoms with Gasteiger partial charge in [0, 0.05) is 36.4 Å². The largest absolute Gasteiger partial charge is 0.508 e. The molecule has 100 valence electrons. The average Bonchev–Trinajstić information content (AvgIpc) is 2.76. The molecule has 3 heteroatoms. The van der Waals surface area contributed by atoms with Gasteiger partial charge in [0.1, 0.15) is 5.75 Å². The summed E-state index contributed by atoms with van der Waals surface area (Å²) in [5, 5.41) is 13.5. The van der Waals surface area contributed by atoms with Crippen LogP contribution in [0.5, 0.6) is 5.75 Å². The van der Waals surface area contributed by atoms with Crippen molar-refractivity contribution in [1.29, 1.82) is 0 Å². The van der Waals surface area contributed by atoms with Gasteiger partial charge in [0.25, 0.3) is 0 Å². The van der Waals surface area contributed by atoms with Crippen molar-refractivity contribution in [2.75, 3.05) is 24.5 Å². The highest BCUT2D eigenvalue weighted by atomic mass is 16.3. The lowest BCUT2D eigenvalue weighted by atomic mass is 10.1. The maximum Gasteiger partial charge on any atom is 0.122 e. The van der Waals surface area contributed by atoms with E-state index >= 15 is 0 Å². The highest BCUT2D eigenvalue weighted by Crippen LogP contribution is 2.31. The summed E-state index contributed by atoms with van der Waals surface area (Å²) in [7, 11) is 0. The summed E-state index contributed by atoms with van der Waals surface area (Å²) in [5.41, 5.74) is 2.12. The van der Waals surface area contributed by atoms with E-state index in [-0.39, 0.29) is 6.04 Å². The number of rotatable bonds is 4. The first-order valence-electron chi connectivity index (χ1n) is 6.93. The van der Waals surface area contributed by atoms with Crippen LogP contribution in [-0.4, -0.2) is 24.7 Å². The smallest absolute Gasteiger partial charge is 0.122 e. The molecular weight excluding hydrogens is 224 g/mol. The number of benzene rings is 1. The third-order valence-electron chi connectivity index (χ3n) is 3.78. The van der Waals surface area contributed by atoms with Gasteiger partial charge in [0.05, 0.1) is 0 Å². The molecule has 1 aliphatic rings. The Morgan fingerprint density at radius 3 is 2.83 bits per heavy atom. The van der Waals surface area contributed by atoms with Crippen molar-refractivity contribution in [3.05, 3.63) is 23.8 Å². The monoisotopic (exact) mass is 248 g/mol. The Balaban J connectivity index is 2.14. The Hall–Kier alpha value is -1.22. The minimum absolute atomic E-state index is 0.196. The maximum absolute atomic E-state index is 10.1. The van der Waals surface area contributed by atoms with Crippen LogP contribution in [0.4, 0.5) is 5.69 Å². The predicted octanol–water partition coefficient (Wildman–Crippen LogP) is 2.91. The van der Waals surface area contributed by atoms with Crippen molar-refractivity contribution in [2.24, 2.45) is 5.92 Å². The summed E-state index contributed by atoms with van der Waals surface area (Å²) in [6.45, 7) is 9.54. The Morgan fingerprint density at radius 1 is 1.50 bits per heavy atom. The fraction of sp³-hybridized carbons (Fsp3) is 0.600. The van der Waals surface area contributed by atoms with Crippen molar-refractivity contribution in [1.82, 2.24) is 5.32 Å². The summed E-state index contributed by atoms with van der Waals surface area (Å²) < 4.78 is 0. The summed E-state index contributed by atoms with van der Waals surface area (Å²) in [6.07, 6.45) is 1.25. The Bertz CT molecular complexity index is 405. The molecule has 0 aromatic heterocycles. The first-order chi connectivity index (χ1) is 8.61.